The van der Waals surface area contributed by atoms with Crippen LogP contribution in [0.5, 0.6) is 0 Å². The molecule has 0 radical (unpaired) electrons. The SMILES string of the molecule is CCN(CCC(=O)O)C(=O)C(C)NC(=O)c1cccc(Cl)c1Cl. The van der Waals surface area contributed by atoms with Crippen LogP contribution in [0.15, 0.2) is 18.2 Å². The van der Waals surface area contributed by atoms with Crippen molar-refractivity contribution in [2.75, 3.05) is 13.1 Å². The fourth-order valence-electron chi connectivity index (χ4n) is 1.94. The van der Waals surface area contributed by atoms with Crippen molar-refractivity contribution in [1.29, 1.82) is 0 Å². The van der Waals surface area contributed by atoms with E-state index in [4.69, 9.17) is 28.3 Å². The van der Waals surface area contributed by atoms with E-state index in [0.717, 1.165) is 0 Å². The fraction of sp³-hybridized carbons (Fsp3) is 0.400. The largest absolute Gasteiger partial charge is 0.481 e. The minimum Gasteiger partial charge on any atom is -0.481 e. The molecule has 2 amide bonds. The van der Waals surface area contributed by atoms with Gasteiger partial charge in [-0.15, -0.1) is 0 Å². The average Bonchev–Trinajstić information content (AvgIpc) is 2.49. The highest BCUT2D eigenvalue weighted by molar-refractivity contribution is 6.43. The molecule has 0 bridgehead atoms. The van der Waals surface area contributed by atoms with Gasteiger partial charge in [-0.3, -0.25) is 14.4 Å². The number of hydrogen-bond donors (Lipinski definition) is 2. The summed E-state index contributed by atoms with van der Waals surface area (Å²) in [6.07, 6.45) is -0.152. The summed E-state index contributed by atoms with van der Waals surface area (Å²) in [5.74, 6) is -1.87. The first-order valence-electron chi connectivity index (χ1n) is 7.03. The maximum Gasteiger partial charge on any atom is 0.305 e. The van der Waals surface area contributed by atoms with Crippen LogP contribution in [0, 0.1) is 0 Å². The van der Waals surface area contributed by atoms with Gasteiger partial charge < -0.3 is 15.3 Å². The van der Waals surface area contributed by atoms with Gasteiger partial charge in [0.1, 0.15) is 6.04 Å². The fourth-order valence-corrected chi connectivity index (χ4v) is 2.33. The zero-order valence-corrected chi connectivity index (χ0v) is 14.3. The molecule has 6 nitrogen and oxygen atoms in total. The number of rotatable bonds is 7. The highest BCUT2D eigenvalue weighted by Gasteiger charge is 2.23. The summed E-state index contributed by atoms with van der Waals surface area (Å²) in [6, 6.07) is 3.83. The van der Waals surface area contributed by atoms with Gasteiger partial charge in [-0.2, -0.15) is 0 Å². The second-order valence-corrected chi connectivity index (χ2v) is 5.64. The Bertz CT molecular complexity index is 607. The van der Waals surface area contributed by atoms with Gasteiger partial charge >= 0.3 is 5.97 Å². The number of nitrogens with one attached hydrogen (secondary N) is 1. The van der Waals surface area contributed by atoms with Crippen LogP contribution in [-0.4, -0.2) is 46.9 Å². The molecular weight excluding hydrogens is 343 g/mol. The van der Waals surface area contributed by atoms with Crippen molar-refractivity contribution in [2.24, 2.45) is 0 Å². The van der Waals surface area contributed by atoms with E-state index in [1.54, 1.807) is 19.1 Å². The second kappa shape index (κ2) is 8.74. The van der Waals surface area contributed by atoms with E-state index in [9.17, 15) is 14.4 Å². The first-order valence-corrected chi connectivity index (χ1v) is 7.79. The molecule has 0 aliphatic rings. The van der Waals surface area contributed by atoms with E-state index in [0.29, 0.717) is 6.54 Å². The number of carbonyl (C=O) groups excluding carboxylic acids is 2. The smallest absolute Gasteiger partial charge is 0.305 e. The summed E-state index contributed by atoms with van der Waals surface area (Å²) in [6.45, 7) is 3.71. The maximum absolute atomic E-state index is 12.3. The molecule has 0 saturated carbocycles. The van der Waals surface area contributed by atoms with Gasteiger partial charge in [-0.05, 0) is 26.0 Å². The lowest BCUT2D eigenvalue weighted by atomic mass is 10.2. The highest BCUT2D eigenvalue weighted by atomic mass is 35.5. The molecule has 1 unspecified atom stereocenters. The molecule has 0 spiro atoms. The number of amides is 2. The molecule has 126 valence electrons. The molecule has 0 fully saturated rings. The molecule has 8 heteroatoms. The number of benzene rings is 1. The first kappa shape index (κ1) is 19.3. The second-order valence-electron chi connectivity index (χ2n) is 4.86. The van der Waals surface area contributed by atoms with E-state index in [1.807, 2.05) is 0 Å². The van der Waals surface area contributed by atoms with E-state index in [-0.39, 0.29) is 34.5 Å². The van der Waals surface area contributed by atoms with E-state index in [1.165, 1.54) is 17.9 Å². The number of halogens is 2. The Labute approximate surface area is 144 Å². The molecule has 0 heterocycles. The average molecular weight is 361 g/mol. The van der Waals surface area contributed by atoms with Gasteiger partial charge in [0.05, 0.1) is 22.0 Å². The minimum absolute atomic E-state index is 0.0861. The van der Waals surface area contributed by atoms with E-state index >= 15 is 0 Å². The molecular formula is C15H18Cl2N2O4. The molecule has 0 aliphatic heterocycles. The van der Waals surface area contributed by atoms with Crippen molar-refractivity contribution < 1.29 is 19.5 Å². The monoisotopic (exact) mass is 360 g/mol. The predicted molar refractivity (Wildman–Crippen MR) is 87.9 cm³/mol. The molecule has 1 aromatic carbocycles. The molecule has 0 saturated heterocycles. The molecule has 1 atom stereocenters. The standard InChI is InChI=1S/C15H18Cl2N2O4/c1-3-19(8-7-12(20)21)15(23)9(2)18-14(22)10-5-4-6-11(16)13(10)17/h4-6,9H,3,7-8H2,1-2H3,(H,18,22)(H,20,21). The Balaban J connectivity index is 2.75. The number of nitrogens with zero attached hydrogens (tertiary/aromatic N) is 1. The number of aliphatic carboxylic acids is 1. The van der Waals surface area contributed by atoms with Gasteiger partial charge in [0, 0.05) is 13.1 Å². The molecule has 1 rings (SSSR count). The normalized spacial score (nSPS) is 11.7. The van der Waals surface area contributed by atoms with Crippen molar-refractivity contribution in [3.05, 3.63) is 33.8 Å². The summed E-state index contributed by atoms with van der Waals surface area (Å²) < 4.78 is 0. The third kappa shape index (κ3) is 5.41. The zero-order valence-electron chi connectivity index (χ0n) is 12.8. The van der Waals surface area contributed by atoms with Crippen LogP contribution in [0.4, 0.5) is 0 Å². The lowest BCUT2D eigenvalue weighted by Gasteiger charge is -2.24. The molecule has 23 heavy (non-hydrogen) atoms. The highest BCUT2D eigenvalue weighted by Crippen LogP contribution is 2.25. The molecule has 1 aromatic rings. The summed E-state index contributed by atoms with van der Waals surface area (Å²) in [7, 11) is 0. The van der Waals surface area contributed by atoms with Crippen LogP contribution < -0.4 is 5.32 Å². The van der Waals surface area contributed by atoms with Gasteiger partial charge in [-0.1, -0.05) is 29.3 Å². The minimum atomic E-state index is -0.987. The first-order chi connectivity index (χ1) is 10.8. The summed E-state index contributed by atoms with van der Waals surface area (Å²) in [5, 5.41) is 11.6. The summed E-state index contributed by atoms with van der Waals surface area (Å²) in [5.41, 5.74) is 0.174. The number of hydrogen-bond acceptors (Lipinski definition) is 3. The van der Waals surface area contributed by atoms with Crippen LogP contribution in [-0.2, 0) is 9.59 Å². The topological polar surface area (TPSA) is 86.7 Å². The Kier molecular flexibility index (Phi) is 7.32. The Morgan fingerprint density at radius 2 is 1.96 bits per heavy atom. The van der Waals surface area contributed by atoms with E-state index < -0.39 is 17.9 Å². The van der Waals surface area contributed by atoms with Crippen molar-refractivity contribution in [2.45, 2.75) is 26.3 Å². The van der Waals surface area contributed by atoms with Gasteiger partial charge in [0.15, 0.2) is 0 Å². The molecule has 0 aliphatic carbocycles. The van der Waals surface area contributed by atoms with Crippen molar-refractivity contribution in [1.82, 2.24) is 10.2 Å². The maximum atomic E-state index is 12.3. The number of carboxylic acids is 1. The Morgan fingerprint density at radius 3 is 2.52 bits per heavy atom. The Hall–Kier alpha value is -1.79. The number of carbonyl (C=O) groups is 3. The van der Waals surface area contributed by atoms with Crippen LogP contribution in [0.1, 0.15) is 30.6 Å². The van der Waals surface area contributed by atoms with Crippen molar-refractivity contribution in [3.63, 3.8) is 0 Å². The third-order valence-electron chi connectivity index (χ3n) is 3.20. The van der Waals surface area contributed by atoms with Gasteiger partial charge in [0.25, 0.3) is 5.91 Å². The number of carboxylic acid groups (broad SMARTS) is 1. The van der Waals surface area contributed by atoms with Crippen molar-refractivity contribution in [3.8, 4) is 0 Å². The van der Waals surface area contributed by atoms with Crippen LogP contribution in [0.2, 0.25) is 10.0 Å². The van der Waals surface area contributed by atoms with Gasteiger partial charge in [0.2, 0.25) is 5.91 Å². The molecule has 2 N–H and O–H groups in total. The predicted octanol–water partition coefficient (Wildman–Crippen LogP) is 2.43. The summed E-state index contributed by atoms with van der Waals surface area (Å²) in [4.78, 5) is 36.4. The summed E-state index contributed by atoms with van der Waals surface area (Å²) >= 11 is 11.8. The quantitative estimate of drug-likeness (QED) is 0.781. The van der Waals surface area contributed by atoms with Crippen LogP contribution in [0.25, 0.3) is 0 Å². The number of likely N-dealkylation sites (N-methyl/N-ethyl adjacent to an activating group) is 1. The van der Waals surface area contributed by atoms with Crippen LogP contribution in [0.3, 0.4) is 0 Å². The van der Waals surface area contributed by atoms with Gasteiger partial charge in [-0.25, -0.2) is 0 Å². The zero-order chi connectivity index (χ0) is 17.6. The Morgan fingerprint density at radius 1 is 1.30 bits per heavy atom. The third-order valence-corrected chi connectivity index (χ3v) is 4.02. The van der Waals surface area contributed by atoms with E-state index in [2.05, 4.69) is 5.32 Å². The van der Waals surface area contributed by atoms with Crippen molar-refractivity contribution >= 4 is 41.0 Å². The lowest BCUT2D eigenvalue weighted by molar-refractivity contribution is -0.138. The molecule has 0 aromatic heterocycles. The lowest BCUT2D eigenvalue weighted by Crippen LogP contribution is -2.47. The van der Waals surface area contributed by atoms with Crippen LogP contribution >= 0.6 is 23.2 Å².